The van der Waals surface area contributed by atoms with Crippen LogP contribution in [0, 0.1) is 12.8 Å². The molecule has 0 saturated carbocycles. The Balaban J connectivity index is 1.47. The molecule has 2 rings (SSSR count). The monoisotopic (exact) mass is 316 g/mol. The standard InChI is InChI=1S/C14H24N2O2S2/c1-11-14(20-10-16-11)2-4-18-8-13(17)7-15-6-12-3-5-19-9-12/h10,12-13,15,17H,2-9H2,1H3. The lowest BCUT2D eigenvalue weighted by molar-refractivity contribution is 0.0382. The van der Waals surface area contributed by atoms with E-state index >= 15 is 0 Å². The molecular formula is C14H24N2O2S2. The number of rotatable bonds is 9. The highest BCUT2D eigenvalue weighted by molar-refractivity contribution is 7.99. The molecule has 114 valence electrons. The van der Waals surface area contributed by atoms with Crippen LogP contribution < -0.4 is 5.32 Å². The number of thioether (sulfide) groups is 1. The maximum absolute atomic E-state index is 9.83. The van der Waals surface area contributed by atoms with E-state index in [1.807, 2.05) is 24.2 Å². The maximum Gasteiger partial charge on any atom is 0.0897 e. The smallest absolute Gasteiger partial charge is 0.0897 e. The minimum atomic E-state index is -0.411. The minimum absolute atomic E-state index is 0.407. The molecule has 1 aromatic heterocycles. The first-order valence-electron chi connectivity index (χ1n) is 7.19. The van der Waals surface area contributed by atoms with Crippen molar-refractivity contribution in [1.29, 1.82) is 0 Å². The molecule has 0 spiro atoms. The van der Waals surface area contributed by atoms with Gasteiger partial charge in [0.25, 0.3) is 0 Å². The quantitative estimate of drug-likeness (QED) is 0.679. The van der Waals surface area contributed by atoms with Crippen LogP contribution in [0.5, 0.6) is 0 Å². The van der Waals surface area contributed by atoms with Crippen molar-refractivity contribution in [3.63, 3.8) is 0 Å². The molecule has 2 heterocycles. The third-order valence-electron chi connectivity index (χ3n) is 3.47. The number of aromatic nitrogens is 1. The summed E-state index contributed by atoms with van der Waals surface area (Å²) >= 11 is 3.69. The molecule has 2 atom stereocenters. The molecule has 1 saturated heterocycles. The van der Waals surface area contributed by atoms with Crippen molar-refractivity contribution in [2.24, 2.45) is 5.92 Å². The second-order valence-electron chi connectivity index (χ2n) is 5.23. The number of thiazole rings is 1. The SMILES string of the molecule is Cc1ncsc1CCOCC(O)CNCC1CCSC1. The lowest BCUT2D eigenvalue weighted by Gasteiger charge is -2.14. The number of aryl methyl sites for hydroxylation is 1. The van der Waals surface area contributed by atoms with E-state index < -0.39 is 6.10 Å². The Morgan fingerprint density at radius 1 is 1.60 bits per heavy atom. The fourth-order valence-electron chi connectivity index (χ4n) is 2.21. The zero-order chi connectivity index (χ0) is 14.2. The summed E-state index contributed by atoms with van der Waals surface area (Å²) in [6, 6.07) is 0. The van der Waals surface area contributed by atoms with Gasteiger partial charge < -0.3 is 15.2 Å². The largest absolute Gasteiger partial charge is 0.389 e. The highest BCUT2D eigenvalue weighted by atomic mass is 32.2. The minimum Gasteiger partial charge on any atom is -0.389 e. The van der Waals surface area contributed by atoms with Gasteiger partial charge in [-0.15, -0.1) is 11.3 Å². The Hall–Kier alpha value is -0.140. The number of hydrogen-bond donors (Lipinski definition) is 2. The lowest BCUT2D eigenvalue weighted by Crippen LogP contribution is -2.33. The van der Waals surface area contributed by atoms with E-state index in [-0.39, 0.29) is 0 Å². The van der Waals surface area contributed by atoms with Crippen LogP contribution in [-0.4, -0.2) is 54.0 Å². The third-order valence-corrected chi connectivity index (χ3v) is 5.69. The fourth-order valence-corrected chi connectivity index (χ4v) is 4.25. The summed E-state index contributed by atoms with van der Waals surface area (Å²) in [7, 11) is 0. The van der Waals surface area contributed by atoms with Crippen molar-refractivity contribution in [2.75, 3.05) is 37.8 Å². The maximum atomic E-state index is 9.83. The van der Waals surface area contributed by atoms with Gasteiger partial charge in [0.05, 0.1) is 30.5 Å². The molecule has 2 N–H and O–H groups in total. The molecular weight excluding hydrogens is 292 g/mol. The second kappa shape index (κ2) is 9.00. The summed E-state index contributed by atoms with van der Waals surface area (Å²) in [5.74, 6) is 3.32. The van der Waals surface area contributed by atoms with Gasteiger partial charge in [-0.2, -0.15) is 11.8 Å². The van der Waals surface area contributed by atoms with Crippen molar-refractivity contribution in [3.05, 3.63) is 16.1 Å². The summed E-state index contributed by atoms with van der Waals surface area (Å²) in [6.45, 7) is 4.72. The topological polar surface area (TPSA) is 54.4 Å². The second-order valence-corrected chi connectivity index (χ2v) is 7.32. The van der Waals surface area contributed by atoms with Crippen LogP contribution in [0.25, 0.3) is 0 Å². The summed E-state index contributed by atoms with van der Waals surface area (Å²) in [5, 5.41) is 13.2. The number of aliphatic hydroxyl groups excluding tert-OH is 1. The predicted octanol–water partition coefficient (Wildman–Crippen LogP) is 1.71. The molecule has 0 amide bonds. The summed E-state index contributed by atoms with van der Waals surface area (Å²) < 4.78 is 5.53. The van der Waals surface area contributed by atoms with Crippen LogP contribution in [0.4, 0.5) is 0 Å². The number of nitrogens with one attached hydrogen (secondary N) is 1. The van der Waals surface area contributed by atoms with Crippen LogP contribution in [0.2, 0.25) is 0 Å². The van der Waals surface area contributed by atoms with Gasteiger partial charge in [-0.1, -0.05) is 0 Å². The molecule has 1 aliphatic heterocycles. The molecule has 2 unspecified atom stereocenters. The van der Waals surface area contributed by atoms with E-state index in [2.05, 4.69) is 10.3 Å². The van der Waals surface area contributed by atoms with E-state index in [9.17, 15) is 5.11 Å². The Morgan fingerprint density at radius 2 is 2.50 bits per heavy atom. The number of aliphatic hydroxyl groups is 1. The molecule has 1 aliphatic rings. The Labute approximate surface area is 129 Å². The molecule has 0 bridgehead atoms. The van der Waals surface area contributed by atoms with Gasteiger partial charge in [-0.05, 0) is 37.3 Å². The van der Waals surface area contributed by atoms with Gasteiger partial charge in [0.15, 0.2) is 0 Å². The third kappa shape index (κ3) is 5.69. The summed E-state index contributed by atoms with van der Waals surface area (Å²) in [4.78, 5) is 5.48. The van der Waals surface area contributed by atoms with E-state index in [1.54, 1.807) is 11.3 Å². The molecule has 1 fully saturated rings. The number of nitrogens with zero attached hydrogens (tertiary/aromatic N) is 1. The van der Waals surface area contributed by atoms with Gasteiger partial charge in [0.1, 0.15) is 0 Å². The first-order valence-corrected chi connectivity index (χ1v) is 9.22. The zero-order valence-corrected chi connectivity index (χ0v) is 13.6. The van der Waals surface area contributed by atoms with Crippen molar-refractivity contribution in [1.82, 2.24) is 10.3 Å². The van der Waals surface area contributed by atoms with E-state index in [0.717, 1.165) is 24.6 Å². The van der Waals surface area contributed by atoms with Gasteiger partial charge in [0.2, 0.25) is 0 Å². The van der Waals surface area contributed by atoms with Gasteiger partial charge in [-0.25, -0.2) is 4.98 Å². The van der Waals surface area contributed by atoms with Crippen molar-refractivity contribution in [2.45, 2.75) is 25.9 Å². The zero-order valence-electron chi connectivity index (χ0n) is 12.0. The Morgan fingerprint density at radius 3 is 3.20 bits per heavy atom. The van der Waals surface area contributed by atoms with Crippen LogP contribution in [-0.2, 0) is 11.2 Å². The molecule has 0 aliphatic carbocycles. The highest BCUT2D eigenvalue weighted by Crippen LogP contribution is 2.22. The van der Waals surface area contributed by atoms with Gasteiger partial charge in [-0.3, -0.25) is 0 Å². The Bertz CT molecular complexity index is 381. The van der Waals surface area contributed by atoms with Crippen molar-refractivity contribution < 1.29 is 9.84 Å². The van der Waals surface area contributed by atoms with Crippen LogP contribution in [0.3, 0.4) is 0 Å². The molecule has 4 nitrogen and oxygen atoms in total. The lowest BCUT2D eigenvalue weighted by atomic mass is 10.1. The van der Waals surface area contributed by atoms with Gasteiger partial charge in [0, 0.05) is 17.8 Å². The molecule has 0 aromatic carbocycles. The summed E-state index contributed by atoms with van der Waals surface area (Å²) in [6.07, 6.45) is 1.78. The summed E-state index contributed by atoms with van der Waals surface area (Å²) in [5.41, 5.74) is 2.96. The van der Waals surface area contributed by atoms with Crippen LogP contribution >= 0.6 is 23.1 Å². The predicted molar refractivity (Wildman–Crippen MR) is 85.7 cm³/mol. The van der Waals surface area contributed by atoms with E-state index in [1.165, 1.54) is 22.8 Å². The number of hydrogen-bond acceptors (Lipinski definition) is 6. The first-order chi connectivity index (χ1) is 9.75. The van der Waals surface area contributed by atoms with Crippen molar-refractivity contribution >= 4 is 23.1 Å². The Kier molecular flexibility index (Phi) is 7.30. The molecule has 0 radical (unpaired) electrons. The van der Waals surface area contributed by atoms with Crippen LogP contribution in [0.1, 0.15) is 17.0 Å². The van der Waals surface area contributed by atoms with E-state index in [0.29, 0.717) is 19.8 Å². The van der Waals surface area contributed by atoms with Crippen LogP contribution in [0.15, 0.2) is 5.51 Å². The normalized spacial score (nSPS) is 20.4. The fraction of sp³-hybridized carbons (Fsp3) is 0.786. The average Bonchev–Trinajstić information content (AvgIpc) is 3.07. The molecule has 1 aromatic rings. The average molecular weight is 316 g/mol. The molecule has 20 heavy (non-hydrogen) atoms. The highest BCUT2D eigenvalue weighted by Gasteiger charge is 2.15. The van der Waals surface area contributed by atoms with E-state index in [4.69, 9.17) is 4.74 Å². The first kappa shape index (κ1) is 16.2. The van der Waals surface area contributed by atoms with Gasteiger partial charge >= 0.3 is 0 Å². The number of ether oxygens (including phenoxy) is 1. The van der Waals surface area contributed by atoms with Crippen molar-refractivity contribution in [3.8, 4) is 0 Å². The molecule has 6 heteroatoms.